The van der Waals surface area contributed by atoms with Gasteiger partial charge in [0.2, 0.25) is 0 Å². The van der Waals surface area contributed by atoms with Crippen LogP contribution in [0.3, 0.4) is 0 Å². The number of ketones is 1. The van der Waals surface area contributed by atoms with Gasteiger partial charge < -0.3 is 4.74 Å². The van der Waals surface area contributed by atoms with Crippen molar-refractivity contribution in [2.45, 2.75) is 97.8 Å². The molecule has 0 N–H and O–H groups in total. The van der Waals surface area contributed by atoms with Crippen molar-refractivity contribution in [2.75, 3.05) is 0 Å². The second-order valence-corrected chi connectivity index (χ2v) is 8.16. The van der Waals surface area contributed by atoms with Gasteiger partial charge in [-0.1, -0.05) is 69.9 Å². The number of hydrogen-bond donors (Lipinski definition) is 0. The van der Waals surface area contributed by atoms with Crippen LogP contribution in [0.4, 0.5) is 4.79 Å². The maximum Gasteiger partial charge on any atom is 0.434 e. The van der Waals surface area contributed by atoms with Crippen molar-refractivity contribution in [3.05, 3.63) is 35.9 Å². The topological polar surface area (TPSA) is 55.8 Å². The highest BCUT2D eigenvalue weighted by atomic mass is 16.7. The number of unbranched alkanes of at least 4 members (excludes halogenated alkanes) is 3. The normalized spacial score (nSPS) is 12.5. The molecule has 0 saturated carbocycles. The van der Waals surface area contributed by atoms with Crippen molar-refractivity contribution in [3.8, 4) is 0 Å². The summed E-state index contributed by atoms with van der Waals surface area (Å²) in [5.74, 6) is 0.123. The summed E-state index contributed by atoms with van der Waals surface area (Å²) in [5, 5.41) is 1.30. The maximum absolute atomic E-state index is 12.8. The van der Waals surface area contributed by atoms with Crippen LogP contribution >= 0.6 is 0 Å². The maximum atomic E-state index is 12.8. The first-order valence-corrected chi connectivity index (χ1v) is 10.5. The smallest absolute Gasteiger partial charge is 0.434 e. The fourth-order valence-corrected chi connectivity index (χ4v) is 2.85. The van der Waals surface area contributed by atoms with Crippen molar-refractivity contribution >= 4 is 11.9 Å². The molecule has 0 fully saturated rings. The number of Topliss-reactive ketones (excluding diaryl/α,β-unsaturated/α-hetero) is 1. The summed E-state index contributed by atoms with van der Waals surface area (Å²) < 4.78 is 5.56. The zero-order valence-corrected chi connectivity index (χ0v) is 18.2. The molecule has 5 heteroatoms. The van der Waals surface area contributed by atoms with E-state index in [-0.39, 0.29) is 24.9 Å². The van der Waals surface area contributed by atoms with E-state index in [0.29, 0.717) is 6.42 Å². The van der Waals surface area contributed by atoms with Gasteiger partial charge in [0, 0.05) is 12.8 Å². The highest BCUT2D eigenvalue weighted by Gasteiger charge is 2.30. The van der Waals surface area contributed by atoms with Crippen LogP contribution in [0.15, 0.2) is 30.3 Å². The number of hydrogen-bond acceptors (Lipinski definition) is 4. The molecule has 1 rings (SSSR count). The van der Waals surface area contributed by atoms with Gasteiger partial charge in [0.25, 0.3) is 0 Å². The Morgan fingerprint density at radius 3 is 2.29 bits per heavy atom. The van der Waals surface area contributed by atoms with E-state index in [1.807, 2.05) is 58.0 Å². The third kappa shape index (κ3) is 9.88. The van der Waals surface area contributed by atoms with Gasteiger partial charge in [-0.05, 0) is 32.8 Å². The van der Waals surface area contributed by atoms with Crippen molar-refractivity contribution in [2.24, 2.45) is 0 Å². The molecule has 1 aromatic carbocycles. The van der Waals surface area contributed by atoms with E-state index in [1.54, 1.807) is 0 Å². The van der Waals surface area contributed by atoms with Crippen LogP contribution in [0.1, 0.15) is 85.1 Å². The molecule has 0 aromatic heterocycles. The van der Waals surface area contributed by atoms with Crippen molar-refractivity contribution < 1.29 is 19.2 Å². The highest BCUT2D eigenvalue weighted by molar-refractivity contribution is 5.79. The Labute approximate surface area is 170 Å². The minimum atomic E-state index is -0.632. The molecule has 0 spiro atoms. The van der Waals surface area contributed by atoms with Gasteiger partial charge in [0.15, 0.2) is 0 Å². The minimum absolute atomic E-state index is 0.123. The fraction of sp³-hybridized carbons (Fsp3) is 0.652. The minimum Gasteiger partial charge on any atom is -0.442 e. The number of nitrogens with zero attached hydrogens (tertiary/aromatic N) is 1. The monoisotopic (exact) mass is 391 g/mol. The number of amides is 1. The van der Waals surface area contributed by atoms with Crippen LogP contribution in [0, 0.1) is 0 Å². The van der Waals surface area contributed by atoms with Gasteiger partial charge in [-0.25, -0.2) is 4.79 Å². The third-order valence-corrected chi connectivity index (χ3v) is 4.37. The highest BCUT2D eigenvalue weighted by Crippen LogP contribution is 2.21. The molecule has 0 saturated heterocycles. The summed E-state index contributed by atoms with van der Waals surface area (Å²) in [6, 6.07) is 9.37. The predicted molar refractivity (Wildman–Crippen MR) is 112 cm³/mol. The number of rotatable bonds is 12. The fourth-order valence-electron chi connectivity index (χ4n) is 2.85. The lowest BCUT2D eigenvalue weighted by molar-refractivity contribution is -0.182. The predicted octanol–water partition coefficient (Wildman–Crippen LogP) is 6.06. The molecule has 5 nitrogen and oxygen atoms in total. The first-order chi connectivity index (χ1) is 13.3. The van der Waals surface area contributed by atoms with Gasteiger partial charge in [-0.3, -0.25) is 9.63 Å². The largest absolute Gasteiger partial charge is 0.442 e. The molecule has 0 aliphatic heterocycles. The third-order valence-electron chi connectivity index (χ3n) is 4.37. The Kier molecular flexibility index (Phi) is 10.8. The van der Waals surface area contributed by atoms with E-state index in [4.69, 9.17) is 9.57 Å². The lowest BCUT2D eigenvalue weighted by Crippen LogP contribution is -2.44. The molecular weight excluding hydrogens is 354 g/mol. The van der Waals surface area contributed by atoms with Gasteiger partial charge in [0.05, 0.1) is 6.04 Å². The average molecular weight is 392 g/mol. The second-order valence-electron chi connectivity index (χ2n) is 8.16. The molecule has 0 unspecified atom stereocenters. The van der Waals surface area contributed by atoms with Gasteiger partial charge in [-0.2, -0.15) is 5.06 Å². The Morgan fingerprint density at radius 2 is 1.71 bits per heavy atom. The molecule has 1 amide bonds. The van der Waals surface area contributed by atoms with Crippen LogP contribution < -0.4 is 0 Å². The average Bonchev–Trinajstić information content (AvgIpc) is 2.64. The van der Waals surface area contributed by atoms with E-state index in [9.17, 15) is 9.59 Å². The summed E-state index contributed by atoms with van der Waals surface area (Å²) in [7, 11) is 0. The lowest BCUT2D eigenvalue weighted by atomic mass is 10.0. The number of hydroxylamine groups is 2. The first kappa shape index (κ1) is 24.2. The molecule has 0 aliphatic rings. The molecule has 0 aliphatic carbocycles. The van der Waals surface area contributed by atoms with Crippen LogP contribution in [-0.4, -0.2) is 28.6 Å². The molecule has 0 radical (unpaired) electrons. The Hall–Kier alpha value is -1.88. The summed E-state index contributed by atoms with van der Waals surface area (Å²) in [6.45, 7) is 9.74. The number of benzene rings is 1. The number of ether oxygens (including phenoxy) is 1. The summed E-state index contributed by atoms with van der Waals surface area (Å²) in [5.41, 5.74) is 0.329. The molecule has 158 valence electrons. The van der Waals surface area contributed by atoms with Crippen LogP contribution in [0.25, 0.3) is 0 Å². The molecule has 0 bridgehead atoms. The van der Waals surface area contributed by atoms with E-state index >= 15 is 0 Å². The van der Waals surface area contributed by atoms with Gasteiger partial charge >= 0.3 is 6.09 Å². The lowest BCUT2D eigenvalue weighted by Gasteiger charge is -2.32. The Bertz CT molecular complexity index is 580. The van der Waals surface area contributed by atoms with Crippen molar-refractivity contribution in [3.63, 3.8) is 0 Å². The Morgan fingerprint density at radius 1 is 1.04 bits per heavy atom. The van der Waals surface area contributed by atoms with E-state index in [1.165, 1.54) is 5.06 Å². The van der Waals surface area contributed by atoms with Crippen LogP contribution in [0.5, 0.6) is 0 Å². The van der Waals surface area contributed by atoms with Crippen LogP contribution in [0.2, 0.25) is 0 Å². The first-order valence-electron chi connectivity index (χ1n) is 10.5. The molecule has 1 aromatic rings. The van der Waals surface area contributed by atoms with Crippen LogP contribution in [-0.2, 0) is 21.0 Å². The molecule has 0 heterocycles. The number of carbonyl (C=O) groups is 2. The number of carbonyl (C=O) groups excluding carboxylic acids is 2. The van der Waals surface area contributed by atoms with E-state index in [0.717, 1.165) is 37.7 Å². The summed E-state index contributed by atoms with van der Waals surface area (Å²) in [4.78, 5) is 30.9. The second kappa shape index (κ2) is 12.6. The standard InChI is InChI=1S/C23H37NO4/c1-6-8-9-13-16-20(17-21(25)7-2)24(22(26)28-23(3,4)5)27-18-19-14-11-10-12-15-19/h10-12,14-15,20H,6-9,13,16-18H2,1-5H3/t20-/m1/s1. The van der Waals surface area contributed by atoms with E-state index in [2.05, 4.69) is 6.92 Å². The van der Waals surface area contributed by atoms with Crippen molar-refractivity contribution in [1.82, 2.24) is 5.06 Å². The molecule has 28 heavy (non-hydrogen) atoms. The zero-order valence-electron chi connectivity index (χ0n) is 18.2. The van der Waals surface area contributed by atoms with Gasteiger partial charge in [-0.15, -0.1) is 0 Å². The quantitative estimate of drug-likeness (QED) is 0.321. The molecular formula is C23H37NO4. The zero-order chi connectivity index (χ0) is 21.0. The summed E-state index contributed by atoms with van der Waals surface area (Å²) in [6.07, 6.45) is 5.23. The molecule has 1 atom stereocenters. The van der Waals surface area contributed by atoms with E-state index < -0.39 is 11.7 Å². The summed E-state index contributed by atoms with van der Waals surface area (Å²) >= 11 is 0. The Balaban J connectivity index is 2.94. The SMILES string of the molecule is CCCCCC[C@H](CC(=O)CC)N(OCc1ccccc1)C(=O)OC(C)(C)C. The van der Waals surface area contributed by atoms with Crippen molar-refractivity contribution in [1.29, 1.82) is 0 Å². The van der Waals surface area contributed by atoms with Gasteiger partial charge in [0.1, 0.15) is 18.0 Å².